The van der Waals surface area contributed by atoms with E-state index in [1.165, 1.54) is 64.0 Å². The van der Waals surface area contributed by atoms with Crippen LogP contribution in [0.3, 0.4) is 0 Å². The van der Waals surface area contributed by atoms with Crippen LogP contribution in [0, 0.1) is 0 Å². The molecule has 2 aromatic heterocycles. The normalized spacial score (nSPS) is 11.5. The van der Waals surface area contributed by atoms with Crippen LogP contribution in [0.15, 0.2) is 176 Å². The fraction of sp³-hybridized carbons (Fsp3) is 0. The summed E-state index contributed by atoms with van der Waals surface area (Å²) in [6.07, 6.45) is 0. The molecule has 51 heavy (non-hydrogen) atoms. The first-order valence-electron chi connectivity index (χ1n) is 17.1. The summed E-state index contributed by atoms with van der Waals surface area (Å²) < 4.78 is 2.45. The van der Waals surface area contributed by atoms with Crippen molar-refractivity contribution in [1.82, 2.24) is 15.0 Å². The van der Waals surface area contributed by atoms with Gasteiger partial charge in [0.1, 0.15) is 0 Å². The van der Waals surface area contributed by atoms with E-state index in [2.05, 4.69) is 140 Å². The number of nitrogens with zero attached hydrogens (tertiary/aromatic N) is 3. The van der Waals surface area contributed by atoms with Crippen LogP contribution in [0.4, 0.5) is 0 Å². The van der Waals surface area contributed by atoms with Gasteiger partial charge < -0.3 is 0 Å². The molecule has 0 atom stereocenters. The Labute approximate surface area is 299 Å². The number of aromatic nitrogens is 3. The molecule has 0 radical (unpaired) electrons. The van der Waals surface area contributed by atoms with E-state index in [4.69, 9.17) is 15.0 Å². The molecular formula is C47H29N3S. The number of benzene rings is 8. The quantitative estimate of drug-likeness (QED) is 0.171. The van der Waals surface area contributed by atoms with Gasteiger partial charge in [-0.3, -0.25) is 0 Å². The Morgan fingerprint density at radius 2 is 0.784 bits per heavy atom. The molecule has 0 N–H and O–H groups in total. The maximum atomic E-state index is 5.09. The van der Waals surface area contributed by atoms with E-state index in [0.29, 0.717) is 17.5 Å². The molecule has 0 unspecified atom stereocenters. The van der Waals surface area contributed by atoms with Crippen LogP contribution >= 0.6 is 11.3 Å². The highest BCUT2D eigenvalue weighted by Crippen LogP contribution is 2.42. The zero-order valence-electron chi connectivity index (χ0n) is 27.5. The molecule has 3 nitrogen and oxygen atoms in total. The second kappa shape index (κ2) is 12.1. The molecule has 0 aliphatic rings. The fourth-order valence-electron chi connectivity index (χ4n) is 7.16. The van der Waals surface area contributed by atoms with Gasteiger partial charge in [-0.05, 0) is 74.1 Å². The van der Waals surface area contributed by atoms with Crippen LogP contribution in [0.25, 0.3) is 98.1 Å². The summed E-state index contributed by atoms with van der Waals surface area (Å²) in [6, 6.07) is 62.4. The predicted molar refractivity (Wildman–Crippen MR) is 215 cm³/mol. The summed E-state index contributed by atoms with van der Waals surface area (Å²) in [6.45, 7) is 0. The van der Waals surface area contributed by atoms with E-state index in [9.17, 15) is 0 Å². The Morgan fingerprint density at radius 1 is 0.314 bits per heavy atom. The van der Waals surface area contributed by atoms with Crippen molar-refractivity contribution in [3.05, 3.63) is 176 Å². The van der Waals surface area contributed by atoms with Crippen molar-refractivity contribution in [2.24, 2.45) is 0 Å². The number of thiophene rings is 1. The number of hydrogen-bond donors (Lipinski definition) is 0. The molecule has 4 heteroatoms. The summed E-state index contributed by atoms with van der Waals surface area (Å²) in [7, 11) is 0. The highest BCUT2D eigenvalue weighted by molar-refractivity contribution is 7.26. The van der Waals surface area contributed by atoms with E-state index >= 15 is 0 Å². The Bertz CT molecular complexity index is 2840. The lowest BCUT2D eigenvalue weighted by Gasteiger charge is -2.11. The first-order chi connectivity index (χ1) is 25.2. The molecule has 10 aromatic rings. The maximum Gasteiger partial charge on any atom is 0.164 e. The van der Waals surface area contributed by atoms with E-state index < -0.39 is 0 Å². The van der Waals surface area contributed by atoms with Crippen molar-refractivity contribution < 1.29 is 0 Å². The van der Waals surface area contributed by atoms with Gasteiger partial charge in [-0.25, -0.2) is 15.0 Å². The first-order valence-corrected chi connectivity index (χ1v) is 17.9. The molecule has 10 rings (SSSR count). The van der Waals surface area contributed by atoms with Gasteiger partial charge in [0, 0.05) is 36.9 Å². The minimum Gasteiger partial charge on any atom is -0.208 e. The monoisotopic (exact) mass is 667 g/mol. The van der Waals surface area contributed by atoms with Crippen LogP contribution in [0.5, 0.6) is 0 Å². The predicted octanol–water partition coefficient (Wildman–Crippen LogP) is 12.9. The van der Waals surface area contributed by atoms with E-state index in [0.717, 1.165) is 16.7 Å². The average molecular weight is 668 g/mol. The molecule has 0 amide bonds. The van der Waals surface area contributed by atoms with Gasteiger partial charge >= 0.3 is 0 Å². The van der Waals surface area contributed by atoms with Gasteiger partial charge in [-0.1, -0.05) is 146 Å². The van der Waals surface area contributed by atoms with Crippen molar-refractivity contribution in [3.63, 3.8) is 0 Å². The maximum absolute atomic E-state index is 5.09. The molecular weight excluding hydrogens is 639 g/mol. The lowest BCUT2D eigenvalue weighted by molar-refractivity contribution is 1.08. The molecule has 0 bridgehead atoms. The second-order valence-corrected chi connectivity index (χ2v) is 13.9. The van der Waals surface area contributed by atoms with Crippen molar-refractivity contribution >= 4 is 53.1 Å². The summed E-state index contributed by atoms with van der Waals surface area (Å²) in [5.74, 6) is 2.00. The molecule has 0 fully saturated rings. The molecule has 8 aromatic carbocycles. The summed E-state index contributed by atoms with van der Waals surface area (Å²) in [5.41, 5.74) is 7.75. The molecule has 0 aliphatic heterocycles. The van der Waals surface area contributed by atoms with Gasteiger partial charge in [0.15, 0.2) is 17.5 Å². The molecule has 238 valence electrons. The van der Waals surface area contributed by atoms with Crippen LogP contribution < -0.4 is 0 Å². The topological polar surface area (TPSA) is 38.7 Å². The molecule has 0 aliphatic carbocycles. The molecule has 2 heterocycles. The second-order valence-electron chi connectivity index (χ2n) is 12.8. The third-order valence-corrected chi connectivity index (χ3v) is 10.9. The van der Waals surface area contributed by atoms with E-state index in [1.54, 1.807) is 0 Å². The van der Waals surface area contributed by atoms with E-state index in [-0.39, 0.29) is 0 Å². The van der Waals surface area contributed by atoms with Crippen LogP contribution in [-0.4, -0.2) is 15.0 Å². The smallest absolute Gasteiger partial charge is 0.164 e. The Morgan fingerprint density at radius 3 is 1.37 bits per heavy atom. The molecule has 0 spiro atoms. The number of rotatable bonds is 5. The van der Waals surface area contributed by atoms with E-state index in [1.807, 2.05) is 47.7 Å². The third-order valence-electron chi connectivity index (χ3n) is 9.71. The zero-order valence-corrected chi connectivity index (χ0v) is 28.3. The first kappa shape index (κ1) is 29.4. The van der Waals surface area contributed by atoms with Gasteiger partial charge in [0.05, 0.1) is 0 Å². The Kier molecular flexibility index (Phi) is 7.00. The number of hydrogen-bond acceptors (Lipinski definition) is 4. The SMILES string of the molecule is c1ccc(-c2ccc3ccc4ccc(-c5ccc6sc7cccc(-c8nc(-c9ccccc9)nc(-c9ccccc9)n8)c7c6c5)cc4c3c2)cc1. The highest BCUT2D eigenvalue weighted by atomic mass is 32.1. The van der Waals surface area contributed by atoms with Crippen molar-refractivity contribution in [2.45, 2.75) is 0 Å². The van der Waals surface area contributed by atoms with Crippen LogP contribution in [0.2, 0.25) is 0 Å². The van der Waals surface area contributed by atoms with Crippen LogP contribution in [-0.2, 0) is 0 Å². The summed E-state index contributed by atoms with van der Waals surface area (Å²) in [4.78, 5) is 15.1. The van der Waals surface area contributed by atoms with Gasteiger partial charge in [0.25, 0.3) is 0 Å². The Balaban J connectivity index is 1.15. The summed E-state index contributed by atoms with van der Waals surface area (Å²) in [5, 5.41) is 7.37. The molecule has 0 saturated carbocycles. The fourth-order valence-corrected chi connectivity index (χ4v) is 8.27. The largest absolute Gasteiger partial charge is 0.208 e. The Hall–Kier alpha value is -6.49. The van der Waals surface area contributed by atoms with Crippen LogP contribution in [0.1, 0.15) is 0 Å². The van der Waals surface area contributed by atoms with Crippen molar-refractivity contribution in [3.8, 4) is 56.4 Å². The van der Waals surface area contributed by atoms with Gasteiger partial charge in [0.2, 0.25) is 0 Å². The third kappa shape index (κ3) is 5.25. The van der Waals surface area contributed by atoms with Gasteiger partial charge in [-0.2, -0.15) is 0 Å². The lowest BCUT2D eigenvalue weighted by Crippen LogP contribution is -2.00. The zero-order chi connectivity index (χ0) is 33.7. The minimum absolute atomic E-state index is 0.662. The van der Waals surface area contributed by atoms with Gasteiger partial charge in [-0.15, -0.1) is 11.3 Å². The van der Waals surface area contributed by atoms with Crippen molar-refractivity contribution in [2.75, 3.05) is 0 Å². The highest BCUT2D eigenvalue weighted by Gasteiger charge is 2.17. The average Bonchev–Trinajstić information content (AvgIpc) is 3.59. The molecule has 0 saturated heterocycles. The number of fused-ring (bicyclic) bond motifs is 6. The lowest BCUT2D eigenvalue weighted by atomic mass is 9.94. The standard InChI is InChI=1S/C47H29N3S/c1-4-11-30(12-5-1)35-23-21-31-19-20-32-22-24-36(28-40(32)39(31)27-35)37-25-26-42-41(29-37)44-38(17-10-18-43(44)51-42)47-49-45(33-13-6-2-7-14-33)48-46(50-47)34-15-8-3-9-16-34/h1-29H. The summed E-state index contributed by atoms with van der Waals surface area (Å²) >= 11 is 1.81. The van der Waals surface area contributed by atoms with Crippen molar-refractivity contribution in [1.29, 1.82) is 0 Å². The minimum atomic E-state index is 0.662.